The van der Waals surface area contributed by atoms with E-state index >= 15 is 0 Å². The number of rotatable bonds is 5. The first-order chi connectivity index (χ1) is 15.7. The number of aromatic nitrogens is 3. The van der Waals surface area contributed by atoms with E-state index < -0.39 is 0 Å². The van der Waals surface area contributed by atoms with Gasteiger partial charge in [0.25, 0.3) is 0 Å². The van der Waals surface area contributed by atoms with E-state index in [0.717, 1.165) is 50.2 Å². The van der Waals surface area contributed by atoms with E-state index in [0.29, 0.717) is 24.7 Å². The molecule has 1 unspecified atom stereocenters. The maximum atomic E-state index is 12.3. The zero-order valence-corrected chi connectivity index (χ0v) is 18.4. The van der Waals surface area contributed by atoms with Crippen LogP contribution in [0.15, 0.2) is 53.3 Å². The second-order valence-electron chi connectivity index (χ2n) is 8.05. The Bertz CT molecular complexity index is 1010. The van der Waals surface area contributed by atoms with Crippen molar-refractivity contribution in [1.82, 2.24) is 25.3 Å². The van der Waals surface area contributed by atoms with Crippen molar-refractivity contribution in [1.29, 1.82) is 0 Å². The molecule has 1 aliphatic heterocycles. The molecule has 1 aromatic carbocycles. The standard InChI is InChI=1S/C24H29N5O3/c1-31-21-8-2-5-18(15-21)17-29-13-4-7-19(9-12-26-22(30)10-14-29)24-27-23(28-32-24)20-6-3-11-25-16-20/h2-3,5-6,8,11,15-16,19H,4,7,9-10,12-14,17H2,1H3,(H,26,30). The van der Waals surface area contributed by atoms with Crippen molar-refractivity contribution >= 4 is 5.91 Å². The number of pyridine rings is 1. The molecule has 1 saturated heterocycles. The van der Waals surface area contributed by atoms with Gasteiger partial charge < -0.3 is 14.6 Å². The van der Waals surface area contributed by atoms with Crippen molar-refractivity contribution in [2.45, 2.75) is 38.1 Å². The molecule has 1 fully saturated rings. The number of hydrogen-bond donors (Lipinski definition) is 1. The van der Waals surface area contributed by atoms with Gasteiger partial charge in [0.15, 0.2) is 0 Å². The first kappa shape index (κ1) is 22.0. The average molecular weight is 436 g/mol. The maximum absolute atomic E-state index is 12.3. The number of benzene rings is 1. The van der Waals surface area contributed by atoms with Crippen LogP contribution in [0.2, 0.25) is 0 Å². The largest absolute Gasteiger partial charge is 0.497 e. The van der Waals surface area contributed by atoms with Crippen LogP contribution in [0.5, 0.6) is 5.75 Å². The molecule has 3 heterocycles. The normalized spacial score (nSPS) is 18.5. The summed E-state index contributed by atoms with van der Waals surface area (Å²) in [7, 11) is 1.67. The highest BCUT2D eigenvalue weighted by Crippen LogP contribution is 2.26. The van der Waals surface area contributed by atoms with Crippen molar-refractivity contribution < 1.29 is 14.1 Å². The monoisotopic (exact) mass is 435 g/mol. The summed E-state index contributed by atoms with van der Waals surface area (Å²) in [6.45, 7) is 2.99. The van der Waals surface area contributed by atoms with Crippen LogP contribution in [0.1, 0.15) is 43.1 Å². The van der Waals surface area contributed by atoms with Crippen LogP contribution in [0.25, 0.3) is 11.4 Å². The van der Waals surface area contributed by atoms with Gasteiger partial charge in [0.05, 0.1) is 7.11 Å². The average Bonchev–Trinajstić information content (AvgIpc) is 3.31. The van der Waals surface area contributed by atoms with Crippen LogP contribution in [0, 0.1) is 0 Å². The molecule has 168 valence electrons. The third-order valence-corrected chi connectivity index (χ3v) is 5.75. The smallest absolute Gasteiger partial charge is 0.230 e. The number of carbonyl (C=O) groups excluding carboxylic acids is 1. The van der Waals surface area contributed by atoms with Gasteiger partial charge in [0, 0.05) is 49.9 Å². The molecule has 1 amide bonds. The minimum atomic E-state index is 0.0721. The summed E-state index contributed by atoms with van der Waals surface area (Å²) < 4.78 is 10.9. The quantitative estimate of drug-likeness (QED) is 0.656. The molecule has 0 saturated carbocycles. The highest BCUT2D eigenvalue weighted by Gasteiger charge is 2.21. The number of carbonyl (C=O) groups is 1. The van der Waals surface area contributed by atoms with Gasteiger partial charge in [-0.05, 0) is 55.6 Å². The van der Waals surface area contributed by atoms with Crippen LogP contribution >= 0.6 is 0 Å². The Morgan fingerprint density at radius 3 is 3.00 bits per heavy atom. The zero-order chi connectivity index (χ0) is 22.2. The molecular weight excluding hydrogens is 406 g/mol. The molecule has 4 rings (SSSR count). The Balaban J connectivity index is 1.43. The van der Waals surface area contributed by atoms with Crippen LogP contribution in [-0.4, -0.2) is 52.7 Å². The summed E-state index contributed by atoms with van der Waals surface area (Å²) in [6.07, 6.45) is 6.60. The highest BCUT2D eigenvalue weighted by molar-refractivity contribution is 5.76. The second kappa shape index (κ2) is 10.9. The van der Waals surface area contributed by atoms with Crippen LogP contribution < -0.4 is 10.1 Å². The Hall–Kier alpha value is -3.26. The lowest BCUT2D eigenvalue weighted by atomic mass is 9.99. The van der Waals surface area contributed by atoms with E-state index in [1.807, 2.05) is 30.3 Å². The third-order valence-electron chi connectivity index (χ3n) is 5.75. The van der Waals surface area contributed by atoms with Crippen LogP contribution in [0.4, 0.5) is 0 Å². The first-order valence-corrected chi connectivity index (χ1v) is 11.1. The fraction of sp³-hybridized carbons (Fsp3) is 0.417. The lowest BCUT2D eigenvalue weighted by Crippen LogP contribution is -2.31. The van der Waals surface area contributed by atoms with Gasteiger partial charge in [0.1, 0.15) is 5.75 Å². The Kier molecular flexibility index (Phi) is 7.45. The maximum Gasteiger partial charge on any atom is 0.230 e. The summed E-state index contributed by atoms with van der Waals surface area (Å²) in [5.74, 6) is 2.19. The second-order valence-corrected chi connectivity index (χ2v) is 8.05. The van der Waals surface area contributed by atoms with E-state index in [1.54, 1.807) is 19.5 Å². The number of methoxy groups -OCH3 is 1. The van der Waals surface area contributed by atoms with Gasteiger partial charge >= 0.3 is 0 Å². The van der Waals surface area contributed by atoms with E-state index in [9.17, 15) is 4.79 Å². The van der Waals surface area contributed by atoms with Crippen LogP contribution in [0.3, 0.4) is 0 Å². The molecular formula is C24H29N5O3. The summed E-state index contributed by atoms with van der Waals surface area (Å²) in [4.78, 5) is 23.4. The summed E-state index contributed by atoms with van der Waals surface area (Å²) in [6, 6.07) is 11.8. The van der Waals surface area contributed by atoms with Crippen molar-refractivity contribution in [3.8, 4) is 17.1 Å². The van der Waals surface area contributed by atoms with E-state index in [2.05, 4.69) is 31.4 Å². The number of hydrogen-bond acceptors (Lipinski definition) is 7. The molecule has 2 aromatic heterocycles. The lowest BCUT2D eigenvalue weighted by Gasteiger charge is -2.22. The Labute approximate surface area is 188 Å². The van der Waals surface area contributed by atoms with Crippen molar-refractivity contribution in [2.24, 2.45) is 0 Å². The molecule has 1 atom stereocenters. The Morgan fingerprint density at radius 1 is 1.22 bits per heavy atom. The molecule has 3 aromatic rings. The predicted molar refractivity (Wildman–Crippen MR) is 120 cm³/mol. The fourth-order valence-corrected chi connectivity index (χ4v) is 4.00. The lowest BCUT2D eigenvalue weighted by molar-refractivity contribution is -0.121. The van der Waals surface area contributed by atoms with Gasteiger partial charge in [-0.15, -0.1) is 0 Å². The fourth-order valence-electron chi connectivity index (χ4n) is 4.00. The SMILES string of the molecule is COc1cccc(CN2CCCC(c3nc(-c4cccnc4)no3)CCNC(=O)CC2)c1. The van der Waals surface area contributed by atoms with Gasteiger partial charge in [-0.2, -0.15) is 4.98 Å². The molecule has 0 radical (unpaired) electrons. The molecule has 1 aliphatic rings. The van der Waals surface area contributed by atoms with E-state index in [4.69, 9.17) is 9.26 Å². The molecule has 8 heteroatoms. The number of nitrogens with zero attached hydrogens (tertiary/aromatic N) is 4. The molecule has 32 heavy (non-hydrogen) atoms. The number of nitrogens with one attached hydrogen (secondary N) is 1. The number of ether oxygens (including phenoxy) is 1. The topological polar surface area (TPSA) is 93.4 Å². The predicted octanol–water partition coefficient (Wildman–Crippen LogP) is 3.42. The first-order valence-electron chi connectivity index (χ1n) is 11.1. The molecule has 8 nitrogen and oxygen atoms in total. The summed E-state index contributed by atoms with van der Waals surface area (Å²) >= 11 is 0. The van der Waals surface area contributed by atoms with E-state index in [1.165, 1.54) is 5.56 Å². The van der Waals surface area contributed by atoms with Crippen molar-refractivity contribution in [3.05, 3.63) is 60.2 Å². The molecule has 0 bridgehead atoms. The zero-order valence-electron chi connectivity index (χ0n) is 18.4. The molecule has 0 spiro atoms. The van der Waals surface area contributed by atoms with Gasteiger partial charge in [-0.3, -0.25) is 14.7 Å². The molecule has 1 N–H and O–H groups in total. The highest BCUT2D eigenvalue weighted by atomic mass is 16.5. The minimum Gasteiger partial charge on any atom is -0.497 e. The third kappa shape index (κ3) is 5.91. The minimum absolute atomic E-state index is 0.0721. The van der Waals surface area contributed by atoms with Gasteiger partial charge in [0.2, 0.25) is 17.6 Å². The van der Waals surface area contributed by atoms with Crippen molar-refractivity contribution in [2.75, 3.05) is 26.7 Å². The van der Waals surface area contributed by atoms with Crippen molar-refractivity contribution in [3.63, 3.8) is 0 Å². The summed E-state index contributed by atoms with van der Waals surface area (Å²) in [5.41, 5.74) is 2.01. The molecule has 0 aliphatic carbocycles. The van der Waals surface area contributed by atoms with Gasteiger partial charge in [-0.25, -0.2) is 0 Å². The summed E-state index contributed by atoms with van der Waals surface area (Å²) in [5, 5.41) is 7.18. The number of amides is 1. The van der Waals surface area contributed by atoms with Gasteiger partial charge in [-0.1, -0.05) is 17.3 Å². The van der Waals surface area contributed by atoms with Crippen LogP contribution in [-0.2, 0) is 11.3 Å². The Morgan fingerprint density at radius 2 is 2.16 bits per heavy atom. The van der Waals surface area contributed by atoms with E-state index in [-0.39, 0.29) is 11.8 Å².